The molecule has 3 aliphatic rings. The van der Waals surface area contributed by atoms with Crippen LogP contribution in [0.3, 0.4) is 0 Å². The van der Waals surface area contributed by atoms with Crippen LogP contribution in [0.5, 0.6) is 0 Å². The molecule has 1 heterocycles. The molecule has 2 atom stereocenters. The highest BCUT2D eigenvalue weighted by atomic mass is 16.2. The van der Waals surface area contributed by atoms with Gasteiger partial charge in [-0.15, -0.1) is 0 Å². The lowest BCUT2D eigenvalue weighted by atomic mass is 10.0. The molecule has 0 radical (unpaired) electrons. The standard InChI is InChI=1S/C14H24N2O/c1-3-11-14(17)16(12(4-2)15-11)13(9-5-6-9)10-7-8-10/h9-13,15H,3-8H2,1-2H3. The minimum atomic E-state index is 0.0833. The molecular formula is C14H24N2O. The van der Waals surface area contributed by atoms with E-state index in [1.54, 1.807) is 0 Å². The van der Waals surface area contributed by atoms with Gasteiger partial charge in [0.25, 0.3) is 0 Å². The van der Waals surface area contributed by atoms with Gasteiger partial charge < -0.3 is 4.90 Å². The monoisotopic (exact) mass is 236 g/mol. The van der Waals surface area contributed by atoms with Crippen molar-refractivity contribution in [1.29, 1.82) is 0 Å². The Kier molecular flexibility index (Phi) is 2.89. The predicted octanol–water partition coefficient (Wildman–Crippen LogP) is 2.12. The van der Waals surface area contributed by atoms with Crippen molar-refractivity contribution in [3.05, 3.63) is 0 Å². The molecule has 0 bridgehead atoms. The van der Waals surface area contributed by atoms with Crippen molar-refractivity contribution in [2.75, 3.05) is 0 Å². The van der Waals surface area contributed by atoms with Gasteiger partial charge in [-0.3, -0.25) is 10.1 Å². The van der Waals surface area contributed by atoms with Crippen LogP contribution in [0.2, 0.25) is 0 Å². The number of amides is 1. The van der Waals surface area contributed by atoms with Gasteiger partial charge in [0.1, 0.15) is 0 Å². The molecule has 1 amide bonds. The molecule has 2 unspecified atom stereocenters. The van der Waals surface area contributed by atoms with E-state index >= 15 is 0 Å². The van der Waals surface area contributed by atoms with Crippen LogP contribution < -0.4 is 5.32 Å². The van der Waals surface area contributed by atoms with Crippen LogP contribution in [0, 0.1) is 11.8 Å². The molecule has 3 heteroatoms. The predicted molar refractivity (Wildman–Crippen MR) is 67.4 cm³/mol. The van der Waals surface area contributed by atoms with Crippen LogP contribution in [0.4, 0.5) is 0 Å². The lowest BCUT2D eigenvalue weighted by Gasteiger charge is -2.33. The van der Waals surface area contributed by atoms with E-state index in [4.69, 9.17) is 0 Å². The third kappa shape index (κ3) is 1.99. The average Bonchev–Trinajstić information content (AvgIpc) is 3.21. The summed E-state index contributed by atoms with van der Waals surface area (Å²) in [6.45, 7) is 4.29. The fourth-order valence-corrected chi connectivity index (χ4v) is 3.39. The molecule has 2 saturated carbocycles. The summed E-state index contributed by atoms with van der Waals surface area (Å²) in [7, 11) is 0. The number of hydrogen-bond acceptors (Lipinski definition) is 2. The average molecular weight is 236 g/mol. The van der Waals surface area contributed by atoms with Crippen molar-refractivity contribution < 1.29 is 4.79 Å². The molecule has 0 aromatic heterocycles. The summed E-state index contributed by atoms with van der Waals surface area (Å²) in [6, 6.07) is 0.649. The highest BCUT2D eigenvalue weighted by molar-refractivity contribution is 5.84. The van der Waals surface area contributed by atoms with E-state index in [0.717, 1.165) is 24.7 Å². The molecule has 3 rings (SSSR count). The van der Waals surface area contributed by atoms with E-state index in [1.807, 2.05) is 0 Å². The first-order chi connectivity index (χ1) is 8.26. The van der Waals surface area contributed by atoms with Crippen LogP contribution >= 0.6 is 0 Å². The number of rotatable bonds is 5. The van der Waals surface area contributed by atoms with Gasteiger partial charge in [-0.1, -0.05) is 13.8 Å². The minimum absolute atomic E-state index is 0.0833. The van der Waals surface area contributed by atoms with Crippen molar-refractivity contribution in [1.82, 2.24) is 10.2 Å². The quantitative estimate of drug-likeness (QED) is 0.793. The van der Waals surface area contributed by atoms with Crippen molar-refractivity contribution in [2.45, 2.75) is 70.6 Å². The van der Waals surface area contributed by atoms with Gasteiger partial charge in [0.05, 0.1) is 12.2 Å². The molecule has 3 fully saturated rings. The highest BCUT2D eigenvalue weighted by Gasteiger charge is 2.51. The van der Waals surface area contributed by atoms with Crippen LogP contribution in [0.15, 0.2) is 0 Å². The zero-order valence-electron chi connectivity index (χ0n) is 11.0. The lowest BCUT2D eigenvalue weighted by molar-refractivity contribution is -0.133. The van der Waals surface area contributed by atoms with Crippen LogP contribution in [0.25, 0.3) is 0 Å². The Labute approximate surface area is 104 Å². The second-order valence-electron chi connectivity index (χ2n) is 5.96. The van der Waals surface area contributed by atoms with E-state index < -0.39 is 0 Å². The summed E-state index contributed by atoms with van der Waals surface area (Å²) in [5.41, 5.74) is 0. The summed E-state index contributed by atoms with van der Waals surface area (Å²) in [6.07, 6.45) is 7.65. The van der Waals surface area contributed by atoms with Crippen molar-refractivity contribution in [3.63, 3.8) is 0 Å². The summed E-state index contributed by atoms with van der Waals surface area (Å²) in [4.78, 5) is 14.7. The minimum Gasteiger partial charge on any atom is -0.322 e. The summed E-state index contributed by atoms with van der Waals surface area (Å²) < 4.78 is 0. The Balaban J connectivity index is 1.80. The molecule has 17 heavy (non-hydrogen) atoms. The van der Waals surface area contributed by atoms with E-state index in [2.05, 4.69) is 24.1 Å². The van der Waals surface area contributed by atoms with Gasteiger partial charge in [0.15, 0.2) is 0 Å². The molecule has 2 aliphatic carbocycles. The molecule has 3 nitrogen and oxygen atoms in total. The van der Waals surface area contributed by atoms with Crippen molar-refractivity contribution >= 4 is 5.91 Å². The van der Waals surface area contributed by atoms with Gasteiger partial charge >= 0.3 is 0 Å². The van der Waals surface area contributed by atoms with Gasteiger partial charge in [0.2, 0.25) is 5.91 Å². The fraction of sp³-hybridized carbons (Fsp3) is 0.929. The summed E-state index contributed by atoms with van der Waals surface area (Å²) in [5.74, 6) is 2.01. The van der Waals surface area contributed by atoms with Gasteiger partial charge in [-0.25, -0.2) is 0 Å². The Morgan fingerprint density at radius 1 is 1.18 bits per heavy atom. The van der Waals surface area contributed by atoms with E-state index in [9.17, 15) is 4.79 Å². The van der Waals surface area contributed by atoms with Crippen LogP contribution in [-0.4, -0.2) is 29.1 Å². The maximum absolute atomic E-state index is 12.5. The van der Waals surface area contributed by atoms with Crippen molar-refractivity contribution in [3.8, 4) is 0 Å². The second kappa shape index (κ2) is 4.27. The molecule has 1 saturated heterocycles. The van der Waals surface area contributed by atoms with Gasteiger partial charge in [-0.05, 0) is 50.4 Å². The first kappa shape index (κ1) is 11.5. The number of carbonyl (C=O) groups is 1. The topological polar surface area (TPSA) is 32.3 Å². The molecule has 1 aliphatic heterocycles. The third-order valence-corrected chi connectivity index (χ3v) is 4.61. The first-order valence-corrected chi connectivity index (χ1v) is 7.34. The molecule has 0 aromatic rings. The Bertz CT molecular complexity index is 297. The van der Waals surface area contributed by atoms with Crippen LogP contribution in [0.1, 0.15) is 52.4 Å². The van der Waals surface area contributed by atoms with E-state index in [0.29, 0.717) is 18.1 Å². The summed E-state index contributed by atoms with van der Waals surface area (Å²) >= 11 is 0. The maximum Gasteiger partial charge on any atom is 0.241 e. The van der Waals surface area contributed by atoms with E-state index in [-0.39, 0.29) is 6.04 Å². The van der Waals surface area contributed by atoms with Gasteiger partial charge in [-0.2, -0.15) is 0 Å². The summed E-state index contributed by atoms with van der Waals surface area (Å²) in [5, 5.41) is 3.51. The second-order valence-corrected chi connectivity index (χ2v) is 5.96. The molecule has 1 N–H and O–H groups in total. The highest BCUT2D eigenvalue weighted by Crippen LogP contribution is 2.48. The van der Waals surface area contributed by atoms with Gasteiger partial charge in [0, 0.05) is 6.04 Å². The zero-order valence-corrected chi connectivity index (χ0v) is 11.0. The maximum atomic E-state index is 12.5. The Morgan fingerprint density at radius 2 is 1.76 bits per heavy atom. The molecule has 0 aromatic carbocycles. The largest absolute Gasteiger partial charge is 0.322 e. The van der Waals surface area contributed by atoms with Crippen LogP contribution in [-0.2, 0) is 4.79 Å². The molecule has 0 spiro atoms. The molecular weight excluding hydrogens is 212 g/mol. The Morgan fingerprint density at radius 3 is 2.18 bits per heavy atom. The lowest BCUT2D eigenvalue weighted by Crippen LogP contribution is -2.46. The zero-order chi connectivity index (χ0) is 12.0. The van der Waals surface area contributed by atoms with Crippen molar-refractivity contribution in [2.24, 2.45) is 11.8 Å². The number of carbonyl (C=O) groups excluding carboxylic acids is 1. The fourth-order valence-electron chi connectivity index (χ4n) is 3.39. The number of nitrogens with zero attached hydrogens (tertiary/aromatic N) is 1. The SMILES string of the molecule is CCC1NC(CC)N(C(C2CC2)C2CC2)C1=O. The third-order valence-electron chi connectivity index (χ3n) is 4.61. The number of nitrogens with one attached hydrogen (secondary N) is 1. The first-order valence-electron chi connectivity index (χ1n) is 7.34. The molecule has 96 valence electrons. The normalized spacial score (nSPS) is 33.8. The number of hydrogen-bond donors (Lipinski definition) is 1. The van der Waals surface area contributed by atoms with E-state index in [1.165, 1.54) is 25.7 Å². The Hall–Kier alpha value is -0.570. The smallest absolute Gasteiger partial charge is 0.241 e.